The molecule has 1 aromatic heterocycles. The predicted molar refractivity (Wildman–Crippen MR) is 56.1 cm³/mol. The summed E-state index contributed by atoms with van der Waals surface area (Å²) in [6.07, 6.45) is 4.13. The Morgan fingerprint density at radius 2 is 2.43 bits per heavy atom. The second-order valence-electron chi connectivity index (χ2n) is 3.94. The average molecular weight is 191 g/mol. The maximum atomic E-state index is 4.63. The Balaban J connectivity index is 2.29. The molecule has 0 saturated heterocycles. The minimum Gasteiger partial charge on any atom is -0.312 e. The summed E-state index contributed by atoms with van der Waals surface area (Å²) in [7, 11) is 0. The van der Waals surface area contributed by atoms with Crippen LogP contribution < -0.4 is 5.32 Å². The minimum atomic E-state index is 0.482. The highest BCUT2D eigenvalue weighted by Crippen LogP contribution is 2.17. The number of rotatable bonds is 2. The second kappa shape index (κ2) is 4.05. The van der Waals surface area contributed by atoms with Crippen LogP contribution in [0, 0.1) is 0 Å². The first-order valence-electron chi connectivity index (χ1n) is 5.36. The smallest absolute Gasteiger partial charge is 0.131 e. The van der Waals surface area contributed by atoms with Gasteiger partial charge in [0.1, 0.15) is 5.82 Å². The number of nitrogens with one attached hydrogen (secondary N) is 1. The number of aromatic nitrogens is 2. The van der Waals surface area contributed by atoms with Crippen LogP contribution in [0.25, 0.3) is 0 Å². The third-order valence-electron chi connectivity index (χ3n) is 2.88. The molecule has 0 amide bonds. The average Bonchev–Trinajstić information content (AvgIpc) is 2.27. The van der Waals surface area contributed by atoms with E-state index in [9.17, 15) is 0 Å². The first-order valence-corrected chi connectivity index (χ1v) is 5.36. The Hall–Kier alpha value is -0.960. The highest BCUT2D eigenvalue weighted by atomic mass is 14.9. The third-order valence-corrected chi connectivity index (χ3v) is 2.88. The van der Waals surface area contributed by atoms with Crippen molar-refractivity contribution in [3.63, 3.8) is 0 Å². The SMILES string of the molecule is CC[C@@H](C)c1ncc2c(n1)CCNC2. The molecule has 3 heteroatoms. The van der Waals surface area contributed by atoms with E-state index in [1.54, 1.807) is 0 Å². The lowest BCUT2D eigenvalue weighted by Crippen LogP contribution is -2.25. The normalized spacial score (nSPS) is 17.6. The van der Waals surface area contributed by atoms with Gasteiger partial charge in [0, 0.05) is 42.9 Å². The molecule has 1 aliphatic rings. The topological polar surface area (TPSA) is 37.8 Å². The van der Waals surface area contributed by atoms with Gasteiger partial charge in [-0.15, -0.1) is 0 Å². The van der Waals surface area contributed by atoms with Gasteiger partial charge in [-0.25, -0.2) is 9.97 Å². The Kier molecular flexibility index (Phi) is 2.77. The largest absolute Gasteiger partial charge is 0.312 e. The monoisotopic (exact) mass is 191 g/mol. The summed E-state index contributed by atoms with van der Waals surface area (Å²) in [4.78, 5) is 9.04. The summed E-state index contributed by atoms with van der Waals surface area (Å²) in [5, 5.41) is 3.32. The summed E-state index contributed by atoms with van der Waals surface area (Å²) < 4.78 is 0. The van der Waals surface area contributed by atoms with E-state index in [2.05, 4.69) is 29.1 Å². The maximum absolute atomic E-state index is 4.63. The van der Waals surface area contributed by atoms with Gasteiger partial charge >= 0.3 is 0 Å². The van der Waals surface area contributed by atoms with Crippen LogP contribution in [0.2, 0.25) is 0 Å². The lowest BCUT2D eigenvalue weighted by Gasteiger charge is -2.17. The van der Waals surface area contributed by atoms with E-state index in [0.29, 0.717) is 5.92 Å². The summed E-state index contributed by atoms with van der Waals surface area (Å²) in [5.41, 5.74) is 2.51. The second-order valence-corrected chi connectivity index (χ2v) is 3.94. The van der Waals surface area contributed by atoms with Crippen LogP contribution in [0.1, 0.15) is 43.3 Å². The van der Waals surface area contributed by atoms with Crippen LogP contribution in [0.3, 0.4) is 0 Å². The van der Waals surface area contributed by atoms with E-state index in [1.807, 2.05) is 6.20 Å². The Morgan fingerprint density at radius 3 is 3.21 bits per heavy atom. The Labute approximate surface area is 85.0 Å². The van der Waals surface area contributed by atoms with Gasteiger partial charge < -0.3 is 5.32 Å². The van der Waals surface area contributed by atoms with Gasteiger partial charge in [0.2, 0.25) is 0 Å². The van der Waals surface area contributed by atoms with Crippen LogP contribution >= 0.6 is 0 Å². The maximum Gasteiger partial charge on any atom is 0.131 e. The molecule has 0 radical (unpaired) electrons. The summed E-state index contributed by atoms with van der Waals surface area (Å²) in [6.45, 7) is 6.33. The Morgan fingerprint density at radius 1 is 1.57 bits per heavy atom. The zero-order valence-corrected chi connectivity index (χ0v) is 8.88. The van der Waals surface area contributed by atoms with Gasteiger partial charge in [0.05, 0.1) is 0 Å². The van der Waals surface area contributed by atoms with Crippen LogP contribution in [0.15, 0.2) is 6.20 Å². The van der Waals surface area contributed by atoms with Gasteiger partial charge in [-0.2, -0.15) is 0 Å². The fraction of sp³-hybridized carbons (Fsp3) is 0.636. The van der Waals surface area contributed by atoms with Crippen molar-refractivity contribution in [1.82, 2.24) is 15.3 Å². The van der Waals surface area contributed by atoms with Crippen molar-refractivity contribution >= 4 is 0 Å². The molecule has 0 aromatic carbocycles. The molecule has 0 saturated carbocycles. The summed E-state index contributed by atoms with van der Waals surface area (Å²) >= 11 is 0. The molecule has 1 atom stereocenters. The highest BCUT2D eigenvalue weighted by molar-refractivity contribution is 5.20. The molecular formula is C11H17N3. The van der Waals surface area contributed by atoms with E-state index >= 15 is 0 Å². The molecule has 1 aromatic rings. The zero-order valence-electron chi connectivity index (χ0n) is 8.88. The van der Waals surface area contributed by atoms with Crippen molar-refractivity contribution in [2.45, 2.75) is 39.2 Å². The molecule has 2 rings (SSSR count). The molecule has 0 fully saturated rings. The number of nitrogens with zero attached hydrogens (tertiary/aromatic N) is 2. The number of hydrogen-bond donors (Lipinski definition) is 1. The number of hydrogen-bond acceptors (Lipinski definition) is 3. The molecule has 14 heavy (non-hydrogen) atoms. The van der Waals surface area contributed by atoms with Crippen molar-refractivity contribution in [2.75, 3.05) is 6.54 Å². The molecule has 3 nitrogen and oxygen atoms in total. The van der Waals surface area contributed by atoms with E-state index in [1.165, 1.54) is 11.3 Å². The van der Waals surface area contributed by atoms with Crippen LogP contribution in [-0.2, 0) is 13.0 Å². The van der Waals surface area contributed by atoms with Crippen molar-refractivity contribution in [1.29, 1.82) is 0 Å². The highest BCUT2D eigenvalue weighted by Gasteiger charge is 2.13. The standard InChI is InChI=1S/C11H17N3/c1-3-8(2)11-13-7-9-6-12-5-4-10(9)14-11/h7-8,12H,3-6H2,1-2H3/t8-/m1/s1. The predicted octanol–water partition coefficient (Wildman–Crippen LogP) is 1.64. The van der Waals surface area contributed by atoms with E-state index in [4.69, 9.17) is 0 Å². The fourth-order valence-electron chi connectivity index (χ4n) is 1.67. The summed E-state index contributed by atoms with van der Waals surface area (Å²) in [5.74, 6) is 1.49. The minimum absolute atomic E-state index is 0.482. The van der Waals surface area contributed by atoms with Crippen LogP contribution in [0.5, 0.6) is 0 Å². The Bertz CT molecular complexity index is 322. The quantitative estimate of drug-likeness (QED) is 0.772. The molecule has 76 valence electrons. The van der Waals surface area contributed by atoms with Crippen molar-refractivity contribution in [3.8, 4) is 0 Å². The van der Waals surface area contributed by atoms with Crippen molar-refractivity contribution < 1.29 is 0 Å². The molecule has 1 N–H and O–H groups in total. The van der Waals surface area contributed by atoms with Gasteiger partial charge in [0.25, 0.3) is 0 Å². The molecule has 2 heterocycles. The van der Waals surface area contributed by atoms with Crippen LogP contribution in [0.4, 0.5) is 0 Å². The van der Waals surface area contributed by atoms with Crippen molar-refractivity contribution in [3.05, 3.63) is 23.3 Å². The molecule has 0 unspecified atom stereocenters. The van der Waals surface area contributed by atoms with E-state index in [-0.39, 0.29) is 0 Å². The van der Waals surface area contributed by atoms with Gasteiger partial charge in [0.15, 0.2) is 0 Å². The van der Waals surface area contributed by atoms with E-state index in [0.717, 1.165) is 31.8 Å². The van der Waals surface area contributed by atoms with Crippen molar-refractivity contribution in [2.24, 2.45) is 0 Å². The van der Waals surface area contributed by atoms with Gasteiger partial charge in [-0.3, -0.25) is 0 Å². The first kappa shape index (κ1) is 9.59. The molecule has 0 spiro atoms. The summed E-state index contributed by atoms with van der Waals surface area (Å²) in [6, 6.07) is 0. The lowest BCUT2D eigenvalue weighted by molar-refractivity contribution is 0.603. The molecular weight excluding hydrogens is 174 g/mol. The zero-order chi connectivity index (χ0) is 9.97. The van der Waals surface area contributed by atoms with Gasteiger partial charge in [-0.05, 0) is 6.42 Å². The van der Waals surface area contributed by atoms with Gasteiger partial charge in [-0.1, -0.05) is 13.8 Å². The molecule has 0 aliphatic carbocycles. The van der Waals surface area contributed by atoms with Crippen LogP contribution in [-0.4, -0.2) is 16.5 Å². The fourth-order valence-corrected chi connectivity index (χ4v) is 1.67. The number of fused-ring (bicyclic) bond motifs is 1. The molecule has 0 bridgehead atoms. The lowest BCUT2D eigenvalue weighted by atomic mass is 10.1. The van der Waals surface area contributed by atoms with E-state index < -0.39 is 0 Å². The third kappa shape index (κ3) is 1.77. The first-order chi connectivity index (χ1) is 6.81. The molecule has 1 aliphatic heterocycles.